The lowest BCUT2D eigenvalue weighted by Crippen LogP contribution is -2.30. The molecule has 0 saturated carbocycles. The summed E-state index contributed by atoms with van der Waals surface area (Å²) in [4.78, 5) is 25.9. The van der Waals surface area contributed by atoms with Gasteiger partial charge in [-0.2, -0.15) is 0 Å². The lowest BCUT2D eigenvalue weighted by molar-refractivity contribution is 0.102. The molecule has 1 amide bonds. The van der Waals surface area contributed by atoms with E-state index >= 15 is 0 Å². The number of carbonyl (C=O) groups is 1. The van der Waals surface area contributed by atoms with Crippen molar-refractivity contribution in [2.75, 3.05) is 5.32 Å². The van der Waals surface area contributed by atoms with Crippen molar-refractivity contribution in [1.82, 2.24) is 4.57 Å². The molecule has 1 N–H and O–H groups in total. The van der Waals surface area contributed by atoms with Gasteiger partial charge in [0.1, 0.15) is 5.56 Å². The van der Waals surface area contributed by atoms with Gasteiger partial charge in [-0.3, -0.25) is 9.59 Å². The Morgan fingerprint density at radius 1 is 0.933 bits per heavy atom. The van der Waals surface area contributed by atoms with Crippen LogP contribution in [0.4, 0.5) is 10.1 Å². The van der Waals surface area contributed by atoms with Gasteiger partial charge in [0.2, 0.25) is 5.43 Å². The van der Waals surface area contributed by atoms with Gasteiger partial charge in [-0.05, 0) is 43.4 Å². The fraction of sp³-hybridized carbons (Fsp3) is 0.280. The maximum absolute atomic E-state index is 14.8. The zero-order chi connectivity index (χ0) is 21.8. The molecule has 30 heavy (non-hydrogen) atoms. The van der Waals surface area contributed by atoms with Crippen LogP contribution in [0.3, 0.4) is 0 Å². The summed E-state index contributed by atoms with van der Waals surface area (Å²) in [5.41, 5.74) is 3.30. The molecule has 3 aromatic rings. The van der Waals surface area contributed by atoms with E-state index in [0.717, 1.165) is 29.5 Å². The molecule has 0 bridgehead atoms. The van der Waals surface area contributed by atoms with Crippen LogP contribution >= 0.6 is 0 Å². The summed E-state index contributed by atoms with van der Waals surface area (Å²) in [5, 5.41) is 2.90. The number of para-hydroxylation sites is 1. The summed E-state index contributed by atoms with van der Waals surface area (Å²) in [6.45, 7) is 7.65. The van der Waals surface area contributed by atoms with Crippen molar-refractivity contribution in [3.63, 3.8) is 0 Å². The van der Waals surface area contributed by atoms with Crippen LogP contribution in [0.25, 0.3) is 0 Å². The van der Waals surface area contributed by atoms with E-state index in [1.54, 1.807) is 18.4 Å². The third-order valence-electron chi connectivity index (χ3n) is 5.56. The van der Waals surface area contributed by atoms with Crippen molar-refractivity contribution in [3.8, 4) is 0 Å². The topological polar surface area (TPSA) is 51.1 Å². The van der Waals surface area contributed by atoms with Gasteiger partial charge in [-0.25, -0.2) is 4.39 Å². The smallest absolute Gasteiger partial charge is 0.261 e. The first kappa shape index (κ1) is 21.5. The fourth-order valence-corrected chi connectivity index (χ4v) is 3.79. The SMILES string of the molecule is CCc1cccc(CC)c1NC(=O)c1c(C)n(Cc2ccccc2)c(C)c(F)c1=O. The molecule has 0 aliphatic heterocycles. The van der Waals surface area contributed by atoms with Gasteiger partial charge in [0.15, 0.2) is 5.82 Å². The number of rotatable bonds is 6. The van der Waals surface area contributed by atoms with Gasteiger partial charge in [0.25, 0.3) is 5.91 Å². The summed E-state index contributed by atoms with van der Waals surface area (Å²) in [6.07, 6.45) is 1.48. The maximum Gasteiger partial charge on any atom is 0.261 e. The summed E-state index contributed by atoms with van der Waals surface area (Å²) in [7, 11) is 0. The lowest BCUT2D eigenvalue weighted by Gasteiger charge is -2.20. The molecule has 4 nitrogen and oxygen atoms in total. The zero-order valence-electron chi connectivity index (χ0n) is 17.9. The minimum atomic E-state index is -0.888. The minimum Gasteiger partial charge on any atom is -0.341 e. The van der Waals surface area contributed by atoms with Crippen molar-refractivity contribution in [3.05, 3.63) is 98.2 Å². The van der Waals surface area contributed by atoms with Crippen molar-refractivity contribution >= 4 is 11.6 Å². The molecule has 5 heteroatoms. The molecule has 0 spiro atoms. The highest BCUT2D eigenvalue weighted by Gasteiger charge is 2.23. The Morgan fingerprint density at radius 2 is 1.53 bits per heavy atom. The molecule has 0 unspecified atom stereocenters. The number of anilines is 1. The Labute approximate surface area is 176 Å². The normalized spacial score (nSPS) is 10.8. The number of hydrogen-bond acceptors (Lipinski definition) is 2. The minimum absolute atomic E-state index is 0.151. The van der Waals surface area contributed by atoms with E-state index in [9.17, 15) is 14.0 Å². The second-order valence-electron chi connectivity index (χ2n) is 7.37. The van der Waals surface area contributed by atoms with E-state index < -0.39 is 17.2 Å². The number of halogens is 1. The van der Waals surface area contributed by atoms with Crippen LogP contribution in [0, 0.1) is 19.7 Å². The van der Waals surface area contributed by atoms with E-state index in [1.807, 2.05) is 62.4 Å². The van der Waals surface area contributed by atoms with Crippen molar-refractivity contribution in [1.29, 1.82) is 0 Å². The number of pyridine rings is 1. The number of benzene rings is 2. The molecule has 0 aliphatic rings. The summed E-state index contributed by atoms with van der Waals surface area (Å²) >= 11 is 0. The largest absolute Gasteiger partial charge is 0.341 e. The number of amides is 1. The number of aromatic nitrogens is 1. The number of carbonyl (C=O) groups excluding carboxylic acids is 1. The Hall–Kier alpha value is -3.21. The highest BCUT2D eigenvalue weighted by molar-refractivity contribution is 6.05. The van der Waals surface area contributed by atoms with Gasteiger partial charge in [0.05, 0.1) is 5.69 Å². The summed E-state index contributed by atoms with van der Waals surface area (Å²) < 4.78 is 16.5. The van der Waals surface area contributed by atoms with Crippen LogP contribution in [0.2, 0.25) is 0 Å². The Morgan fingerprint density at radius 3 is 2.10 bits per heavy atom. The van der Waals surface area contributed by atoms with E-state index in [4.69, 9.17) is 0 Å². The van der Waals surface area contributed by atoms with Gasteiger partial charge in [0, 0.05) is 17.9 Å². The second kappa shape index (κ2) is 9.08. The van der Waals surface area contributed by atoms with Crippen LogP contribution in [0.5, 0.6) is 0 Å². The number of nitrogens with zero attached hydrogens (tertiary/aromatic N) is 1. The van der Waals surface area contributed by atoms with Crippen molar-refractivity contribution in [2.24, 2.45) is 0 Å². The predicted octanol–water partition coefficient (Wildman–Crippen LogP) is 5.03. The Balaban J connectivity index is 2.08. The molecule has 0 atom stereocenters. The van der Waals surface area contributed by atoms with Crippen LogP contribution in [-0.4, -0.2) is 10.5 Å². The first-order valence-electron chi connectivity index (χ1n) is 10.2. The van der Waals surface area contributed by atoms with Gasteiger partial charge < -0.3 is 9.88 Å². The molecule has 3 rings (SSSR count). The van der Waals surface area contributed by atoms with E-state index in [2.05, 4.69) is 5.32 Å². The molecule has 1 aromatic heterocycles. The third kappa shape index (κ3) is 4.06. The fourth-order valence-electron chi connectivity index (χ4n) is 3.79. The summed E-state index contributed by atoms with van der Waals surface area (Å²) in [6, 6.07) is 15.4. The molecule has 0 radical (unpaired) electrons. The van der Waals surface area contributed by atoms with Crippen molar-refractivity contribution in [2.45, 2.75) is 47.1 Å². The van der Waals surface area contributed by atoms with Gasteiger partial charge >= 0.3 is 0 Å². The van der Waals surface area contributed by atoms with Crippen LogP contribution in [0.15, 0.2) is 53.3 Å². The average molecular weight is 407 g/mol. The van der Waals surface area contributed by atoms with Gasteiger partial charge in [-0.1, -0.05) is 62.4 Å². The Bertz CT molecular complexity index is 1110. The van der Waals surface area contributed by atoms with E-state index in [-0.39, 0.29) is 11.3 Å². The Kier molecular flexibility index (Phi) is 6.50. The highest BCUT2D eigenvalue weighted by atomic mass is 19.1. The van der Waals surface area contributed by atoms with Crippen LogP contribution < -0.4 is 10.7 Å². The zero-order valence-corrected chi connectivity index (χ0v) is 17.9. The first-order chi connectivity index (χ1) is 14.4. The molecule has 0 fully saturated rings. The lowest BCUT2D eigenvalue weighted by atomic mass is 10.0. The number of hydrogen-bond donors (Lipinski definition) is 1. The van der Waals surface area contributed by atoms with E-state index in [1.165, 1.54) is 0 Å². The number of nitrogens with one attached hydrogen (secondary N) is 1. The average Bonchev–Trinajstić information content (AvgIpc) is 2.76. The van der Waals surface area contributed by atoms with Gasteiger partial charge in [-0.15, -0.1) is 0 Å². The molecule has 1 heterocycles. The van der Waals surface area contributed by atoms with Crippen LogP contribution in [-0.2, 0) is 19.4 Å². The molecule has 156 valence electrons. The molecular weight excluding hydrogens is 379 g/mol. The quantitative estimate of drug-likeness (QED) is 0.624. The number of aryl methyl sites for hydroxylation is 2. The molecule has 0 saturated heterocycles. The predicted molar refractivity (Wildman–Crippen MR) is 119 cm³/mol. The summed E-state index contributed by atoms with van der Waals surface area (Å²) in [5.74, 6) is -1.46. The second-order valence-corrected chi connectivity index (χ2v) is 7.37. The molecular formula is C25H27FN2O2. The highest BCUT2D eigenvalue weighted by Crippen LogP contribution is 2.24. The first-order valence-corrected chi connectivity index (χ1v) is 10.2. The maximum atomic E-state index is 14.8. The van der Waals surface area contributed by atoms with Crippen molar-refractivity contribution < 1.29 is 9.18 Å². The molecule has 0 aliphatic carbocycles. The molecule has 2 aromatic carbocycles. The third-order valence-corrected chi connectivity index (χ3v) is 5.56. The standard InChI is InChI=1S/C25H27FN2O2/c1-5-19-13-10-14-20(6-2)23(19)27-25(30)21-16(3)28(17(4)22(26)24(21)29)15-18-11-8-7-9-12-18/h7-14H,5-6,15H2,1-4H3,(H,27,30). The monoisotopic (exact) mass is 406 g/mol. The van der Waals surface area contributed by atoms with Crippen LogP contribution in [0.1, 0.15) is 52.3 Å². The van der Waals surface area contributed by atoms with E-state index in [0.29, 0.717) is 17.9 Å².